The number of para-hydroxylation sites is 3. The van der Waals surface area contributed by atoms with Gasteiger partial charge in [0.05, 0.1) is 13.7 Å². The zero-order valence-electron chi connectivity index (χ0n) is 16.7. The molecule has 0 spiro atoms. The second-order valence-corrected chi connectivity index (χ2v) is 6.87. The predicted octanol–water partition coefficient (Wildman–Crippen LogP) is 4.19. The fraction of sp³-hybridized carbons (Fsp3) is 0.160. The summed E-state index contributed by atoms with van der Waals surface area (Å²) in [7, 11) is 1.62. The number of carbonyl (C=O) groups excluding carboxylic acids is 1. The summed E-state index contributed by atoms with van der Waals surface area (Å²) < 4.78 is 17.1. The Morgan fingerprint density at radius 3 is 2.50 bits per heavy atom. The van der Waals surface area contributed by atoms with E-state index >= 15 is 0 Å². The van der Waals surface area contributed by atoms with Gasteiger partial charge in [0.1, 0.15) is 18.5 Å². The first kappa shape index (κ1) is 19.6. The van der Waals surface area contributed by atoms with Crippen molar-refractivity contribution in [3.63, 3.8) is 0 Å². The lowest BCUT2D eigenvalue weighted by molar-refractivity contribution is -0.116. The first-order valence-electron chi connectivity index (χ1n) is 9.81. The van der Waals surface area contributed by atoms with Gasteiger partial charge < -0.3 is 19.5 Å². The van der Waals surface area contributed by atoms with Gasteiger partial charge in [-0.25, -0.2) is 0 Å². The van der Waals surface area contributed by atoms with Crippen LogP contribution in [-0.2, 0) is 4.79 Å². The molecule has 1 aliphatic heterocycles. The molecule has 1 aliphatic rings. The summed E-state index contributed by atoms with van der Waals surface area (Å²) >= 11 is 0. The summed E-state index contributed by atoms with van der Waals surface area (Å²) in [6.07, 6.45) is 1.59. The maximum Gasteiger partial charge on any atom is 0.252 e. The van der Waals surface area contributed by atoms with Crippen molar-refractivity contribution in [1.29, 1.82) is 0 Å². The largest absolute Gasteiger partial charge is 0.496 e. The van der Waals surface area contributed by atoms with Crippen LogP contribution in [0, 0.1) is 0 Å². The number of nitrogens with one attached hydrogen (secondary N) is 1. The molecule has 0 saturated carbocycles. The van der Waals surface area contributed by atoms with E-state index < -0.39 is 0 Å². The van der Waals surface area contributed by atoms with E-state index in [1.807, 2.05) is 84.9 Å². The van der Waals surface area contributed by atoms with Crippen molar-refractivity contribution in [3.05, 3.63) is 90.0 Å². The van der Waals surface area contributed by atoms with Crippen LogP contribution in [0.5, 0.6) is 17.2 Å². The highest BCUT2D eigenvalue weighted by molar-refractivity contribution is 6.24. The maximum absolute atomic E-state index is 13.1. The molecule has 4 rings (SSSR count). The summed E-state index contributed by atoms with van der Waals surface area (Å²) in [5.74, 6) is 1.94. The van der Waals surface area contributed by atoms with Gasteiger partial charge in [0.2, 0.25) is 0 Å². The highest BCUT2D eigenvalue weighted by atomic mass is 16.6. The molecule has 0 aromatic heterocycles. The molecule has 1 unspecified atom stereocenters. The monoisotopic (exact) mass is 401 g/mol. The molecular formula is C25H23NO4. The standard InChI is InChI=1S/C25H23NO4/c1-28-22-12-6-5-11-19(22)15-21(18-9-3-2-4-10-18)25(27)26-16-20-17-29-23-13-7-8-14-24(23)30-20/h2-15,20H,16-17H2,1H3,(H,26,27)/b21-15+. The van der Waals surface area contributed by atoms with Gasteiger partial charge in [0.25, 0.3) is 5.91 Å². The SMILES string of the molecule is COc1ccccc1/C=C(/C(=O)NCC1COc2ccccc2O1)c1ccccc1. The minimum Gasteiger partial charge on any atom is -0.496 e. The van der Waals surface area contributed by atoms with E-state index in [-0.39, 0.29) is 12.0 Å². The second-order valence-electron chi connectivity index (χ2n) is 6.87. The van der Waals surface area contributed by atoms with E-state index in [0.717, 1.165) is 16.9 Å². The Bertz CT molecular complexity index is 1050. The van der Waals surface area contributed by atoms with Crippen molar-refractivity contribution >= 4 is 17.6 Å². The number of hydrogen-bond donors (Lipinski definition) is 1. The number of ether oxygens (including phenoxy) is 3. The molecule has 1 heterocycles. The Labute approximate surface area is 175 Å². The lowest BCUT2D eigenvalue weighted by atomic mass is 10.0. The van der Waals surface area contributed by atoms with Crippen molar-refractivity contribution in [1.82, 2.24) is 5.32 Å². The number of fused-ring (bicyclic) bond motifs is 1. The van der Waals surface area contributed by atoms with Crippen LogP contribution in [-0.4, -0.2) is 32.3 Å². The molecule has 0 aliphatic carbocycles. The number of carbonyl (C=O) groups is 1. The van der Waals surface area contributed by atoms with E-state index in [2.05, 4.69) is 5.32 Å². The van der Waals surface area contributed by atoms with Crippen LogP contribution in [0.2, 0.25) is 0 Å². The fourth-order valence-corrected chi connectivity index (χ4v) is 3.30. The first-order valence-corrected chi connectivity index (χ1v) is 9.81. The van der Waals surface area contributed by atoms with Gasteiger partial charge in [-0.1, -0.05) is 60.7 Å². The summed E-state index contributed by atoms with van der Waals surface area (Å²) in [6, 6.07) is 24.7. The Hall–Kier alpha value is -3.73. The first-order chi connectivity index (χ1) is 14.7. The molecule has 5 heteroatoms. The minimum absolute atomic E-state index is 0.186. The zero-order chi connectivity index (χ0) is 20.8. The number of amides is 1. The molecule has 0 radical (unpaired) electrons. The second kappa shape index (κ2) is 9.18. The lowest BCUT2D eigenvalue weighted by Gasteiger charge is -2.26. The molecule has 5 nitrogen and oxygen atoms in total. The molecular weight excluding hydrogens is 378 g/mol. The molecule has 30 heavy (non-hydrogen) atoms. The van der Waals surface area contributed by atoms with E-state index in [4.69, 9.17) is 14.2 Å². The van der Waals surface area contributed by atoms with Crippen molar-refractivity contribution in [2.24, 2.45) is 0 Å². The van der Waals surface area contributed by atoms with Crippen LogP contribution in [0.25, 0.3) is 11.6 Å². The number of benzene rings is 3. The van der Waals surface area contributed by atoms with E-state index in [1.165, 1.54) is 0 Å². The van der Waals surface area contributed by atoms with Crippen molar-refractivity contribution in [3.8, 4) is 17.2 Å². The fourth-order valence-electron chi connectivity index (χ4n) is 3.30. The summed E-state index contributed by atoms with van der Waals surface area (Å²) in [4.78, 5) is 13.1. The minimum atomic E-state index is -0.257. The Morgan fingerprint density at radius 1 is 1.00 bits per heavy atom. The van der Waals surface area contributed by atoms with Gasteiger partial charge >= 0.3 is 0 Å². The lowest BCUT2D eigenvalue weighted by Crippen LogP contribution is -2.41. The molecule has 3 aromatic carbocycles. The third-order valence-corrected chi connectivity index (χ3v) is 4.83. The van der Waals surface area contributed by atoms with Gasteiger partial charge in [-0.3, -0.25) is 4.79 Å². The van der Waals surface area contributed by atoms with Crippen molar-refractivity contribution in [2.45, 2.75) is 6.10 Å². The quantitative estimate of drug-likeness (QED) is 0.497. The van der Waals surface area contributed by atoms with Crippen LogP contribution in [0.3, 0.4) is 0 Å². The molecule has 1 N–H and O–H groups in total. The number of hydrogen-bond acceptors (Lipinski definition) is 4. The van der Waals surface area contributed by atoms with Gasteiger partial charge in [-0.15, -0.1) is 0 Å². The molecule has 0 fully saturated rings. The third kappa shape index (κ3) is 4.46. The molecule has 0 bridgehead atoms. The normalized spacial score (nSPS) is 15.4. The van der Waals surface area contributed by atoms with Gasteiger partial charge in [0.15, 0.2) is 11.5 Å². The van der Waals surface area contributed by atoms with Gasteiger partial charge in [-0.05, 0) is 29.8 Å². The van der Waals surface area contributed by atoms with E-state index in [1.54, 1.807) is 7.11 Å². The zero-order valence-corrected chi connectivity index (χ0v) is 16.7. The molecule has 3 aromatic rings. The van der Waals surface area contributed by atoms with Crippen LogP contribution >= 0.6 is 0 Å². The molecule has 0 saturated heterocycles. The topological polar surface area (TPSA) is 56.8 Å². The van der Waals surface area contributed by atoms with Gasteiger partial charge in [0, 0.05) is 11.1 Å². The maximum atomic E-state index is 13.1. The summed E-state index contributed by atoms with van der Waals surface area (Å²) in [5.41, 5.74) is 2.21. The van der Waals surface area contributed by atoms with Crippen molar-refractivity contribution in [2.75, 3.05) is 20.3 Å². The number of methoxy groups -OCH3 is 1. The molecule has 1 atom stereocenters. The van der Waals surface area contributed by atoms with Crippen LogP contribution < -0.4 is 19.5 Å². The highest BCUT2D eigenvalue weighted by Gasteiger charge is 2.22. The Balaban J connectivity index is 1.53. The number of rotatable bonds is 6. The Kier molecular flexibility index (Phi) is 5.99. The smallest absolute Gasteiger partial charge is 0.252 e. The molecule has 1 amide bonds. The average Bonchev–Trinajstić information content (AvgIpc) is 2.81. The Morgan fingerprint density at radius 2 is 1.70 bits per heavy atom. The van der Waals surface area contributed by atoms with Crippen LogP contribution in [0.1, 0.15) is 11.1 Å². The summed E-state index contributed by atoms with van der Waals surface area (Å²) in [6.45, 7) is 0.720. The predicted molar refractivity (Wildman–Crippen MR) is 117 cm³/mol. The third-order valence-electron chi connectivity index (χ3n) is 4.83. The highest BCUT2D eigenvalue weighted by Crippen LogP contribution is 2.31. The molecule has 152 valence electrons. The van der Waals surface area contributed by atoms with Crippen molar-refractivity contribution < 1.29 is 19.0 Å². The van der Waals surface area contributed by atoms with Crippen LogP contribution in [0.4, 0.5) is 0 Å². The van der Waals surface area contributed by atoms with E-state index in [9.17, 15) is 4.79 Å². The average molecular weight is 401 g/mol. The summed E-state index contributed by atoms with van der Waals surface area (Å²) in [5, 5.41) is 2.99. The van der Waals surface area contributed by atoms with Crippen LogP contribution in [0.15, 0.2) is 78.9 Å². The van der Waals surface area contributed by atoms with E-state index in [0.29, 0.717) is 30.2 Å². The van der Waals surface area contributed by atoms with Gasteiger partial charge in [-0.2, -0.15) is 0 Å².